The molecular weight excluding hydrogens is 279 g/mol. The third-order valence-electron chi connectivity index (χ3n) is 2.29. The van der Waals surface area contributed by atoms with Crippen LogP contribution in [0.3, 0.4) is 0 Å². The van der Waals surface area contributed by atoms with E-state index in [4.69, 9.17) is 5.11 Å². The topological polar surface area (TPSA) is 73.7 Å². The number of carbonyl (C=O) groups excluding carboxylic acids is 1. The van der Waals surface area contributed by atoms with Gasteiger partial charge in [0.1, 0.15) is 13.1 Å². The summed E-state index contributed by atoms with van der Waals surface area (Å²) in [5, 5.41) is 8.59. The zero-order valence-corrected chi connectivity index (χ0v) is 10.5. The maximum absolute atomic E-state index is 12.4. The summed E-state index contributed by atoms with van der Waals surface area (Å²) in [4.78, 5) is 27.3. The summed E-state index contributed by atoms with van der Waals surface area (Å²) < 4.78 is 37.1. The molecule has 6 nitrogen and oxygen atoms in total. The van der Waals surface area contributed by atoms with Gasteiger partial charge in [0.2, 0.25) is 0 Å². The Labute approximate surface area is 112 Å². The predicted octanol–water partition coefficient (Wildman–Crippen LogP) is 1.59. The second-order valence-corrected chi connectivity index (χ2v) is 3.92. The number of aromatic nitrogens is 1. The van der Waals surface area contributed by atoms with Crippen LogP contribution in [0.1, 0.15) is 0 Å². The molecule has 0 atom stereocenters. The molecular formula is C11H12F3N3O3. The van der Waals surface area contributed by atoms with Crippen molar-refractivity contribution in [3.05, 3.63) is 24.5 Å². The molecule has 0 unspecified atom stereocenters. The van der Waals surface area contributed by atoms with Gasteiger partial charge >= 0.3 is 18.2 Å². The van der Waals surface area contributed by atoms with Crippen LogP contribution in [0.15, 0.2) is 24.5 Å². The molecule has 110 valence electrons. The Hall–Kier alpha value is -2.32. The molecule has 0 saturated heterocycles. The molecule has 20 heavy (non-hydrogen) atoms. The van der Waals surface area contributed by atoms with Crippen LogP contribution in [0.25, 0.3) is 0 Å². The molecule has 1 aromatic rings. The first kappa shape index (κ1) is 15.7. The van der Waals surface area contributed by atoms with E-state index in [9.17, 15) is 22.8 Å². The van der Waals surface area contributed by atoms with Gasteiger partial charge in [-0.3, -0.25) is 14.7 Å². The Bertz CT molecular complexity index is 479. The highest BCUT2D eigenvalue weighted by molar-refractivity contribution is 5.93. The Kier molecular flexibility index (Phi) is 4.89. The summed E-state index contributed by atoms with van der Waals surface area (Å²) >= 11 is 0. The first-order valence-corrected chi connectivity index (χ1v) is 5.42. The van der Waals surface area contributed by atoms with Crippen molar-refractivity contribution in [3.8, 4) is 0 Å². The number of hydrogen-bond donors (Lipinski definition) is 1. The van der Waals surface area contributed by atoms with Crippen LogP contribution in [-0.4, -0.2) is 53.3 Å². The quantitative estimate of drug-likeness (QED) is 0.914. The lowest BCUT2D eigenvalue weighted by Gasteiger charge is -2.27. The second kappa shape index (κ2) is 6.22. The van der Waals surface area contributed by atoms with Gasteiger partial charge in [-0.1, -0.05) is 0 Å². The number of anilines is 1. The maximum atomic E-state index is 12.4. The third-order valence-corrected chi connectivity index (χ3v) is 2.29. The van der Waals surface area contributed by atoms with E-state index in [0.29, 0.717) is 0 Å². The van der Waals surface area contributed by atoms with Crippen LogP contribution in [-0.2, 0) is 4.79 Å². The van der Waals surface area contributed by atoms with Crippen LogP contribution >= 0.6 is 0 Å². The summed E-state index contributed by atoms with van der Waals surface area (Å²) in [6.07, 6.45) is -1.96. The molecule has 0 aromatic carbocycles. The van der Waals surface area contributed by atoms with E-state index in [1.54, 1.807) is 0 Å². The molecule has 0 aliphatic carbocycles. The van der Waals surface area contributed by atoms with Gasteiger partial charge in [0.15, 0.2) is 0 Å². The molecule has 0 bridgehead atoms. The Balaban J connectivity index is 2.89. The van der Waals surface area contributed by atoms with E-state index >= 15 is 0 Å². The summed E-state index contributed by atoms with van der Waals surface area (Å²) in [7, 11) is 1.24. The van der Waals surface area contributed by atoms with Gasteiger partial charge in [0.05, 0.1) is 11.9 Å². The normalized spacial score (nSPS) is 11.0. The summed E-state index contributed by atoms with van der Waals surface area (Å²) in [6, 6.07) is 1.90. The van der Waals surface area contributed by atoms with E-state index in [-0.39, 0.29) is 10.6 Å². The molecule has 0 aliphatic heterocycles. The molecule has 0 saturated carbocycles. The van der Waals surface area contributed by atoms with Crippen molar-refractivity contribution in [2.45, 2.75) is 6.18 Å². The smallest absolute Gasteiger partial charge is 0.406 e. The zero-order chi connectivity index (χ0) is 15.3. The number of carboxylic acid groups (broad SMARTS) is 1. The molecule has 0 aliphatic rings. The molecule has 0 radical (unpaired) electrons. The average Bonchev–Trinajstić information content (AvgIpc) is 2.35. The molecule has 1 aromatic heterocycles. The highest BCUT2D eigenvalue weighted by Gasteiger charge is 2.35. The Morgan fingerprint density at radius 2 is 2.05 bits per heavy atom. The lowest BCUT2D eigenvalue weighted by atomic mass is 10.4. The number of carboxylic acids is 1. The van der Waals surface area contributed by atoms with Crippen molar-refractivity contribution in [2.24, 2.45) is 0 Å². The van der Waals surface area contributed by atoms with Crippen LogP contribution < -0.4 is 4.90 Å². The van der Waals surface area contributed by atoms with E-state index in [0.717, 1.165) is 4.90 Å². The van der Waals surface area contributed by atoms with Crippen molar-refractivity contribution < 1.29 is 27.9 Å². The average molecular weight is 291 g/mol. The van der Waals surface area contributed by atoms with Crippen LogP contribution in [0.2, 0.25) is 0 Å². The van der Waals surface area contributed by atoms with Crippen LogP contribution in [0.5, 0.6) is 0 Å². The first-order chi connectivity index (χ1) is 9.20. The number of rotatable bonds is 4. The minimum Gasteiger partial charge on any atom is -0.480 e. The highest BCUT2D eigenvalue weighted by atomic mass is 19.4. The zero-order valence-electron chi connectivity index (χ0n) is 10.5. The lowest BCUT2D eigenvalue weighted by molar-refractivity contribution is -0.148. The summed E-state index contributed by atoms with van der Waals surface area (Å²) in [5.41, 5.74) is 0.259. The minimum atomic E-state index is -4.68. The first-order valence-electron chi connectivity index (χ1n) is 5.42. The van der Waals surface area contributed by atoms with Gasteiger partial charge in [-0.25, -0.2) is 4.79 Å². The van der Waals surface area contributed by atoms with Crippen LogP contribution in [0, 0.1) is 0 Å². The number of pyridine rings is 1. The fraction of sp³-hybridized carbons (Fsp3) is 0.364. The second-order valence-electron chi connectivity index (χ2n) is 3.92. The SMILES string of the molecule is CN(C(=O)N(CC(=O)O)CC(F)(F)F)c1cccnc1. The maximum Gasteiger partial charge on any atom is 0.406 e. The number of amides is 2. The van der Waals surface area contributed by atoms with Gasteiger partial charge in [-0.15, -0.1) is 0 Å². The van der Waals surface area contributed by atoms with Crippen molar-refractivity contribution in [1.82, 2.24) is 9.88 Å². The van der Waals surface area contributed by atoms with Gasteiger partial charge in [-0.2, -0.15) is 13.2 Å². The monoisotopic (exact) mass is 291 g/mol. The fourth-order valence-electron chi connectivity index (χ4n) is 1.45. The molecule has 1 rings (SSSR count). The Morgan fingerprint density at radius 3 is 2.50 bits per heavy atom. The standard InChI is InChI=1S/C11H12F3N3O3/c1-16(8-3-2-4-15-5-8)10(20)17(6-9(18)19)7-11(12,13)14/h2-5H,6-7H2,1H3,(H,18,19). The molecule has 0 fully saturated rings. The van der Waals surface area contributed by atoms with Crippen molar-refractivity contribution in [2.75, 3.05) is 25.0 Å². The number of aliphatic carboxylic acids is 1. The van der Waals surface area contributed by atoms with Gasteiger partial charge < -0.3 is 10.0 Å². The van der Waals surface area contributed by atoms with Crippen molar-refractivity contribution >= 4 is 17.7 Å². The molecule has 2 amide bonds. The van der Waals surface area contributed by atoms with Crippen LogP contribution in [0.4, 0.5) is 23.7 Å². The summed E-state index contributed by atoms with van der Waals surface area (Å²) in [5.74, 6) is -1.53. The van der Waals surface area contributed by atoms with Gasteiger partial charge in [-0.05, 0) is 12.1 Å². The van der Waals surface area contributed by atoms with Crippen molar-refractivity contribution in [1.29, 1.82) is 0 Å². The summed E-state index contributed by atoms with van der Waals surface area (Å²) in [6.45, 7) is -2.67. The number of hydrogen-bond acceptors (Lipinski definition) is 3. The number of alkyl halides is 3. The van der Waals surface area contributed by atoms with E-state index in [1.165, 1.54) is 31.6 Å². The van der Waals surface area contributed by atoms with E-state index in [2.05, 4.69) is 4.98 Å². The number of halogens is 3. The molecule has 1 heterocycles. The fourth-order valence-corrected chi connectivity index (χ4v) is 1.45. The Morgan fingerprint density at radius 1 is 1.40 bits per heavy atom. The minimum absolute atomic E-state index is 0.204. The van der Waals surface area contributed by atoms with Gasteiger partial charge in [0, 0.05) is 13.2 Å². The largest absolute Gasteiger partial charge is 0.480 e. The highest BCUT2D eigenvalue weighted by Crippen LogP contribution is 2.19. The van der Waals surface area contributed by atoms with E-state index in [1.807, 2.05) is 0 Å². The predicted molar refractivity (Wildman–Crippen MR) is 63.3 cm³/mol. The molecule has 0 spiro atoms. The molecule has 1 N–H and O–H groups in total. The van der Waals surface area contributed by atoms with Crippen molar-refractivity contribution in [3.63, 3.8) is 0 Å². The lowest BCUT2D eigenvalue weighted by Crippen LogP contribution is -2.47. The van der Waals surface area contributed by atoms with Gasteiger partial charge in [0.25, 0.3) is 0 Å². The number of urea groups is 1. The number of nitrogens with zero attached hydrogens (tertiary/aromatic N) is 3. The van der Waals surface area contributed by atoms with E-state index < -0.39 is 31.3 Å². The third kappa shape index (κ3) is 4.75. The number of carbonyl (C=O) groups is 2. The molecule has 9 heteroatoms.